The van der Waals surface area contributed by atoms with Crippen molar-refractivity contribution in [3.05, 3.63) is 96.0 Å². The zero-order chi connectivity index (χ0) is 24.3. The molecule has 0 atom stereocenters. The summed E-state index contributed by atoms with van der Waals surface area (Å²) in [5.41, 5.74) is 3.19. The van der Waals surface area contributed by atoms with Crippen LogP contribution in [0.15, 0.2) is 95.9 Å². The van der Waals surface area contributed by atoms with Crippen molar-refractivity contribution >= 4 is 27.3 Å². The first-order valence-electron chi connectivity index (χ1n) is 10.8. The van der Waals surface area contributed by atoms with E-state index in [-0.39, 0.29) is 18.0 Å². The van der Waals surface area contributed by atoms with Crippen molar-refractivity contribution < 1.29 is 13.2 Å². The average molecular weight is 506 g/mol. The minimum atomic E-state index is -3.68. The van der Waals surface area contributed by atoms with Gasteiger partial charge >= 0.3 is 0 Å². The summed E-state index contributed by atoms with van der Waals surface area (Å²) in [6.45, 7) is 0.158. The molecule has 8 nitrogen and oxygen atoms in total. The summed E-state index contributed by atoms with van der Waals surface area (Å²) in [6.07, 6.45) is 0. The molecule has 0 fully saturated rings. The van der Waals surface area contributed by atoms with Gasteiger partial charge in [0, 0.05) is 18.2 Å². The van der Waals surface area contributed by atoms with Crippen LogP contribution in [0.5, 0.6) is 5.88 Å². The van der Waals surface area contributed by atoms with Gasteiger partial charge in [-0.15, -0.1) is 15.3 Å². The Balaban J connectivity index is 1.23. The SMILES string of the molecule is O=S(=O)(NCCOc1ccc2nnc(-c3ccccc3Cl)n2n1)c1ccc(-c2ccccc2)cc1. The van der Waals surface area contributed by atoms with E-state index in [0.29, 0.717) is 27.9 Å². The maximum absolute atomic E-state index is 12.6. The van der Waals surface area contributed by atoms with Crippen LogP contribution in [-0.2, 0) is 10.0 Å². The molecule has 0 aliphatic heterocycles. The molecule has 2 heterocycles. The zero-order valence-electron chi connectivity index (χ0n) is 18.4. The summed E-state index contributed by atoms with van der Waals surface area (Å²) < 4.78 is 35.1. The van der Waals surface area contributed by atoms with Gasteiger partial charge in [0.25, 0.3) is 0 Å². The van der Waals surface area contributed by atoms with Crippen molar-refractivity contribution in [1.29, 1.82) is 0 Å². The van der Waals surface area contributed by atoms with E-state index in [1.807, 2.05) is 48.5 Å². The molecule has 0 saturated heterocycles. The third kappa shape index (κ3) is 5.02. The predicted molar refractivity (Wildman–Crippen MR) is 134 cm³/mol. The molecule has 0 aliphatic carbocycles. The van der Waals surface area contributed by atoms with Crippen molar-refractivity contribution in [3.8, 4) is 28.4 Å². The Labute approximate surface area is 207 Å². The molecular formula is C25H20ClN5O3S. The normalized spacial score (nSPS) is 11.6. The lowest BCUT2D eigenvalue weighted by Gasteiger charge is -2.09. The Bertz CT molecular complexity index is 1570. The van der Waals surface area contributed by atoms with Crippen LogP contribution >= 0.6 is 11.6 Å². The van der Waals surface area contributed by atoms with Gasteiger partial charge in [0.1, 0.15) is 6.61 Å². The van der Waals surface area contributed by atoms with Crippen molar-refractivity contribution in [2.75, 3.05) is 13.2 Å². The van der Waals surface area contributed by atoms with Gasteiger partial charge in [-0.2, -0.15) is 4.52 Å². The highest BCUT2D eigenvalue weighted by Gasteiger charge is 2.15. The summed E-state index contributed by atoms with van der Waals surface area (Å²) in [7, 11) is -3.68. The summed E-state index contributed by atoms with van der Waals surface area (Å²) >= 11 is 6.29. The van der Waals surface area contributed by atoms with E-state index in [0.717, 1.165) is 11.1 Å². The monoisotopic (exact) mass is 505 g/mol. The van der Waals surface area contributed by atoms with Crippen LogP contribution in [0, 0.1) is 0 Å². The first kappa shape index (κ1) is 23.0. The molecule has 1 N–H and O–H groups in total. The summed E-state index contributed by atoms with van der Waals surface area (Å²) in [4.78, 5) is 0.186. The summed E-state index contributed by atoms with van der Waals surface area (Å²) in [6, 6.07) is 27.1. The Hall–Kier alpha value is -3.79. The molecule has 0 spiro atoms. The lowest BCUT2D eigenvalue weighted by atomic mass is 10.1. The average Bonchev–Trinajstić information content (AvgIpc) is 3.31. The molecule has 3 aromatic carbocycles. The molecule has 0 unspecified atom stereocenters. The number of rotatable bonds is 8. The minimum absolute atomic E-state index is 0.0715. The maximum atomic E-state index is 12.6. The van der Waals surface area contributed by atoms with Gasteiger partial charge < -0.3 is 4.74 Å². The summed E-state index contributed by atoms with van der Waals surface area (Å²) in [5, 5.41) is 13.2. The number of fused-ring (bicyclic) bond motifs is 1. The highest BCUT2D eigenvalue weighted by Crippen LogP contribution is 2.26. The molecular weight excluding hydrogens is 486 g/mol. The second-order valence-electron chi connectivity index (χ2n) is 7.58. The van der Waals surface area contributed by atoms with Crippen molar-refractivity contribution in [3.63, 3.8) is 0 Å². The summed E-state index contributed by atoms with van der Waals surface area (Å²) in [5.74, 6) is 0.785. The van der Waals surface area contributed by atoms with Crippen molar-refractivity contribution in [1.82, 2.24) is 24.5 Å². The van der Waals surface area contributed by atoms with Gasteiger partial charge in [-0.25, -0.2) is 13.1 Å². The fraction of sp³-hybridized carbons (Fsp3) is 0.0800. The Morgan fingerprint density at radius 1 is 0.829 bits per heavy atom. The van der Waals surface area contributed by atoms with Crippen LogP contribution in [-0.4, -0.2) is 41.4 Å². The molecule has 0 amide bonds. The Kier molecular flexibility index (Phi) is 6.45. The van der Waals surface area contributed by atoms with E-state index in [9.17, 15) is 8.42 Å². The molecule has 0 aliphatic rings. The van der Waals surface area contributed by atoms with Gasteiger partial charge in [-0.05, 0) is 41.5 Å². The molecule has 10 heteroatoms. The lowest BCUT2D eigenvalue weighted by molar-refractivity contribution is 0.306. The van der Waals surface area contributed by atoms with E-state index in [1.54, 1.807) is 42.5 Å². The Morgan fingerprint density at radius 3 is 2.31 bits per heavy atom. The van der Waals surface area contributed by atoms with Crippen molar-refractivity contribution in [2.24, 2.45) is 0 Å². The van der Waals surface area contributed by atoms with Gasteiger partial charge in [0.15, 0.2) is 11.5 Å². The molecule has 5 aromatic rings. The second kappa shape index (κ2) is 9.83. The molecule has 35 heavy (non-hydrogen) atoms. The van der Waals surface area contributed by atoms with Gasteiger partial charge in [0.2, 0.25) is 15.9 Å². The third-order valence-corrected chi connectivity index (χ3v) is 7.08. The number of nitrogens with one attached hydrogen (secondary N) is 1. The molecule has 5 rings (SSSR count). The van der Waals surface area contributed by atoms with E-state index < -0.39 is 10.0 Å². The fourth-order valence-corrected chi connectivity index (χ4v) is 4.77. The number of benzene rings is 3. The Morgan fingerprint density at radius 2 is 1.54 bits per heavy atom. The van der Waals surface area contributed by atoms with Crippen LogP contribution < -0.4 is 9.46 Å². The topological polar surface area (TPSA) is 98.5 Å². The van der Waals surface area contributed by atoms with Crippen LogP contribution in [0.1, 0.15) is 0 Å². The van der Waals surface area contributed by atoms with Crippen molar-refractivity contribution in [2.45, 2.75) is 4.90 Å². The number of halogens is 1. The highest BCUT2D eigenvalue weighted by atomic mass is 35.5. The van der Waals surface area contributed by atoms with Gasteiger partial charge in [-0.3, -0.25) is 0 Å². The number of ether oxygens (including phenoxy) is 1. The first-order chi connectivity index (χ1) is 17.0. The highest BCUT2D eigenvalue weighted by molar-refractivity contribution is 7.89. The van der Waals surface area contributed by atoms with E-state index >= 15 is 0 Å². The first-order valence-corrected chi connectivity index (χ1v) is 12.6. The minimum Gasteiger partial charge on any atom is -0.475 e. The number of hydrogen-bond acceptors (Lipinski definition) is 6. The number of nitrogens with zero attached hydrogens (tertiary/aromatic N) is 4. The number of hydrogen-bond donors (Lipinski definition) is 1. The van der Waals surface area contributed by atoms with E-state index in [1.165, 1.54) is 4.52 Å². The second-order valence-corrected chi connectivity index (χ2v) is 9.76. The number of sulfonamides is 1. The standard InChI is InChI=1S/C25H20ClN5O3S/c26-22-9-5-4-8-21(22)25-29-28-23-14-15-24(30-31(23)25)34-17-16-27-35(32,33)20-12-10-19(11-13-20)18-6-2-1-3-7-18/h1-15,27H,16-17H2. The van der Waals surface area contributed by atoms with Gasteiger partial charge in [-0.1, -0.05) is 66.2 Å². The lowest BCUT2D eigenvalue weighted by Crippen LogP contribution is -2.28. The maximum Gasteiger partial charge on any atom is 0.240 e. The molecule has 0 saturated carbocycles. The van der Waals surface area contributed by atoms with Crippen LogP contribution in [0.25, 0.3) is 28.2 Å². The predicted octanol–water partition coefficient (Wildman–Crippen LogP) is 4.47. The number of aromatic nitrogens is 4. The largest absolute Gasteiger partial charge is 0.475 e. The molecule has 176 valence electrons. The quantitative estimate of drug-likeness (QED) is 0.312. The van der Waals surface area contributed by atoms with Crippen LogP contribution in [0.2, 0.25) is 5.02 Å². The zero-order valence-corrected chi connectivity index (χ0v) is 19.9. The third-order valence-electron chi connectivity index (χ3n) is 5.27. The molecule has 0 bridgehead atoms. The van der Waals surface area contributed by atoms with Gasteiger partial charge in [0.05, 0.1) is 9.92 Å². The molecule has 0 radical (unpaired) electrons. The van der Waals surface area contributed by atoms with Crippen LogP contribution in [0.4, 0.5) is 0 Å². The van der Waals surface area contributed by atoms with E-state index in [4.69, 9.17) is 16.3 Å². The van der Waals surface area contributed by atoms with E-state index in [2.05, 4.69) is 20.0 Å². The molecule has 2 aromatic heterocycles. The van der Waals surface area contributed by atoms with Crippen LogP contribution in [0.3, 0.4) is 0 Å². The fourth-order valence-electron chi connectivity index (χ4n) is 3.53. The smallest absolute Gasteiger partial charge is 0.240 e.